The van der Waals surface area contributed by atoms with Crippen molar-refractivity contribution in [2.24, 2.45) is 0 Å². The van der Waals surface area contributed by atoms with Gasteiger partial charge in [-0.3, -0.25) is 4.57 Å². The number of hydrogen-bond donors (Lipinski definition) is 0. The molecular formula is C49H43N5. The number of nitrogens with zero attached hydrogens (tertiary/aromatic N) is 5. The van der Waals surface area contributed by atoms with Gasteiger partial charge in [0, 0.05) is 44.8 Å². The summed E-state index contributed by atoms with van der Waals surface area (Å²) in [6.07, 6.45) is 1.95. The molecule has 0 atom stereocenters. The Hall–Kier alpha value is -6.33. The number of pyridine rings is 1. The van der Waals surface area contributed by atoms with Crippen molar-refractivity contribution in [1.29, 1.82) is 0 Å². The molecule has 4 heterocycles. The Balaban J connectivity index is 1.17. The molecule has 0 unspecified atom stereocenters. The zero-order valence-corrected chi connectivity index (χ0v) is 31.7. The number of rotatable bonds is 4. The van der Waals surface area contributed by atoms with Crippen LogP contribution < -0.4 is 9.80 Å². The summed E-state index contributed by atoms with van der Waals surface area (Å²) < 4.78 is 4.79. The first kappa shape index (κ1) is 32.3. The van der Waals surface area contributed by atoms with Crippen molar-refractivity contribution in [2.45, 2.75) is 47.0 Å². The van der Waals surface area contributed by atoms with Gasteiger partial charge in [0.25, 0.3) is 0 Å². The zero-order chi connectivity index (χ0) is 36.9. The first-order valence-electron chi connectivity index (χ1n) is 18.9. The summed E-state index contributed by atoms with van der Waals surface area (Å²) in [5.74, 6) is 0.937. The maximum absolute atomic E-state index is 4.95. The van der Waals surface area contributed by atoms with Gasteiger partial charge in [-0.1, -0.05) is 99.1 Å². The minimum atomic E-state index is 0.00692. The normalized spacial score (nSPS) is 13.2. The van der Waals surface area contributed by atoms with Crippen LogP contribution in [-0.2, 0) is 5.41 Å². The largest absolute Gasteiger partial charge is 0.321 e. The second-order valence-electron chi connectivity index (χ2n) is 16.0. The summed E-state index contributed by atoms with van der Waals surface area (Å²) in [5, 5.41) is 4.93. The van der Waals surface area contributed by atoms with Crippen molar-refractivity contribution in [2.75, 3.05) is 16.5 Å². The van der Waals surface area contributed by atoms with Gasteiger partial charge in [-0.2, -0.15) is 0 Å². The van der Waals surface area contributed by atoms with E-state index >= 15 is 0 Å². The molecule has 0 fully saturated rings. The van der Waals surface area contributed by atoms with Crippen LogP contribution in [0.1, 0.15) is 43.0 Å². The van der Waals surface area contributed by atoms with Gasteiger partial charge in [0.2, 0.25) is 0 Å². The zero-order valence-electron chi connectivity index (χ0n) is 31.7. The van der Waals surface area contributed by atoms with Gasteiger partial charge in [0.05, 0.1) is 33.4 Å². The highest BCUT2D eigenvalue weighted by Crippen LogP contribution is 2.47. The van der Waals surface area contributed by atoms with Gasteiger partial charge in [-0.05, 0) is 104 Å². The molecule has 5 heteroatoms. The average Bonchev–Trinajstić information content (AvgIpc) is 3.82. The lowest BCUT2D eigenvalue weighted by Crippen LogP contribution is -2.25. The predicted octanol–water partition coefficient (Wildman–Crippen LogP) is 12.7. The molecule has 10 rings (SSSR count). The Morgan fingerprint density at radius 1 is 0.500 bits per heavy atom. The number of aryl methyl sites for hydroxylation is 3. The standard InChI is InChI=1S/C49H43N5/c1-31-25-32(2)48(33(3)26-31)52-30-51(43-17-11-12-18-44(43)52)35-19-21-39-37-13-7-9-15-41(37)53(45(39)28-35)36-20-22-40-38-14-8-10-16-42(38)54(46(40)29-36)47-27-34(23-24-50-47)49(4,5)6/h7-29H,30H2,1-6H3. The molecule has 1 aliphatic heterocycles. The van der Waals surface area contributed by atoms with E-state index in [2.05, 4.69) is 194 Å². The van der Waals surface area contributed by atoms with Crippen LogP contribution in [0.15, 0.2) is 140 Å². The number of hydrogen-bond acceptors (Lipinski definition) is 3. The molecule has 0 saturated heterocycles. The monoisotopic (exact) mass is 701 g/mol. The summed E-state index contributed by atoms with van der Waals surface area (Å²) in [5.41, 5.74) is 15.9. The Labute approximate surface area is 316 Å². The molecule has 0 saturated carbocycles. The summed E-state index contributed by atoms with van der Waals surface area (Å²) in [7, 11) is 0. The van der Waals surface area contributed by atoms with Gasteiger partial charge in [0.15, 0.2) is 0 Å². The summed E-state index contributed by atoms with van der Waals surface area (Å²) >= 11 is 0. The van der Waals surface area contributed by atoms with E-state index in [1.807, 2.05) is 6.20 Å². The van der Waals surface area contributed by atoms with Crippen molar-refractivity contribution in [3.63, 3.8) is 0 Å². The van der Waals surface area contributed by atoms with Gasteiger partial charge in [-0.15, -0.1) is 0 Å². The molecule has 1 aliphatic rings. The maximum atomic E-state index is 4.95. The van der Waals surface area contributed by atoms with E-state index in [0.717, 1.165) is 29.2 Å². The van der Waals surface area contributed by atoms with Crippen LogP contribution in [0.2, 0.25) is 0 Å². The molecule has 6 aromatic carbocycles. The third kappa shape index (κ3) is 4.88. The lowest BCUT2D eigenvalue weighted by atomic mass is 9.88. The Bertz CT molecular complexity index is 2930. The van der Waals surface area contributed by atoms with E-state index in [-0.39, 0.29) is 5.41 Å². The van der Waals surface area contributed by atoms with E-state index in [1.165, 1.54) is 77.6 Å². The molecule has 3 aromatic heterocycles. The summed E-state index contributed by atoms with van der Waals surface area (Å²) in [6, 6.07) is 49.2. The molecule has 0 spiro atoms. The fourth-order valence-electron chi connectivity index (χ4n) is 8.98. The highest BCUT2D eigenvalue weighted by Gasteiger charge is 2.30. The third-order valence-electron chi connectivity index (χ3n) is 11.4. The minimum absolute atomic E-state index is 0.00692. The summed E-state index contributed by atoms with van der Waals surface area (Å²) in [6.45, 7) is 14.2. The molecule has 0 N–H and O–H groups in total. The molecular weight excluding hydrogens is 659 g/mol. The second-order valence-corrected chi connectivity index (χ2v) is 16.0. The van der Waals surface area contributed by atoms with Crippen molar-refractivity contribution < 1.29 is 0 Å². The predicted molar refractivity (Wildman–Crippen MR) is 228 cm³/mol. The molecule has 0 radical (unpaired) electrons. The first-order valence-corrected chi connectivity index (χ1v) is 18.9. The van der Waals surface area contributed by atoms with Gasteiger partial charge >= 0.3 is 0 Å². The maximum Gasteiger partial charge on any atom is 0.137 e. The molecule has 0 amide bonds. The number of fused-ring (bicyclic) bond motifs is 7. The average molecular weight is 702 g/mol. The molecule has 9 aromatic rings. The van der Waals surface area contributed by atoms with Crippen LogP contribution >= 0.6 is 0 Å². The van der Waals surface area contributed by atoms with Crippen LogP contribution in [0.4, 0.5) is 22.7 Å². The lowest BCUT2D eigenvalue weighted by Gasteiger charge is -2.25. The molecule has 0 aliphatic carbocycles. The smallest absolute Gasteiger partial charge is 0.137 e. The third-order valence-corrected chi connectivity index (χ3v) is 11.4. The van der Waals surface area contributed by atoms with Gasteiger partial charge in [-0.25, -0.2) is 4.98 Å². The molecule has 264 valence electrons. The van der Waals surface area contributed by atoms with Crippen LogP contribution in [0.3, 0.4) is 0 Å². The van der Waals surface area contributed by atoms with Crippen LogP contribution in [0.5, 0.6) is 0 Å². The molecule has 54 heavy (non-hydrogen) atoms. The van der Waals surface area contributed by atoms with E-state index in [9.17, 15) is 0 Å². The minimum Gasteiger partial charge on any atom is -0.321 e. The highest BCUT2D eigenvalue weighted by molar-refractivity contribution is 6.12. The van der Waals surface area contributed by atoms with Crippen molar-refractivity contribution in [1.82, 2.24) is 14.1 Å². The van der Waals surface area contributed by atoms with Crippen LogP contribution in [0.25, 0.3) is 55.1 Å². The fourth-order valence-corrected chi connectivity index (χ4v) is 8.98. The second kappa shape index (κ2) is 11.8. The SMILES string of the molecule is Cc1cc(C)c(N2CN(c3ccc4c5ccccc5n(-c5ccc6c7ccccc7n(-c7cc(C(C)(C)C)ccn7)c6c5)c4c3)c3ccccc32)c(C)c1. The number of anilines is 4. The Morgan fingerprint density at radius 3 is 1.70 bits per heavy atom. The fraction of sp³-hybridized carbons (Fsp3) is 0.163. The highest BCUT2D eigenvalue weighted by atomic mass is 15.4. The number of benzene rings is 6. The Kier molecular flexibility index (Phi) is 7.09. The summed E-state index contributed by atoms with van der Waals surface area (Å²) in [4.78, 5) is 9.90. The van der Waals surface area contributed by atoms with Crippen molar-refractivity contribution >= 4 is 66.4 Å². The number of para-hydroxylation sites is 4. The van der Waals surface area contributed by atoms with Crippen molar-refractivity contribution in [3.05, 3.63) is 162 Å². The topological polar surface area (TPSA) is 29.2 Å². The molecule has 0 bridgehead atoms. The lowest BCUT2D eigenvalue weighted by molar-refractivity contribution is 0.588. The van der Waals surface area contributed by atoms with Crippen molar-refractivity contribution in [3.8, 4) is 11.5 Å². The van der Waals surface area contributed by atoms with Crippen LogP contribution in [-0.4, -0.2) is 20.8 Å². The quantitative estimate of drug-likeness (QED) is 0.183. The Morgan fingerprint density at radius 2 is 1.04 bits per heavy atom. The van der Waals surface area contributed by atoms with E-state index < -0.39 is 0 Å². The van der Waals surface area contributed by atoms with Crippen LogP contribution in [0, 0.1) is 20.8 Å². The first-order chi connectivity index (χ1) is 26.2. The van der Waals surface area contributed by atoms with E-state index in [4.69, 9.17) is 4.98 Å². The van der Waals surface area contributed by atoms with E-state index in [0.29, 0.717) is 0 Å². The van der Waals surface area contributed by atoms with Gasteiger partial charge in [0.1, 0.15) is 12.5 Å². The molecule has 5 nitrogen and oxygen atoms in total. The van der Waals surface area contributed by atoms with E-state index in [1.54, 1.807) is 0 Å². The number of aromatic nitrogens is 3. The van der Waals surface area contributed by atoms with Gasteiger partial charge < -0.3 is 14.4 Å².